The van der Waals surface area contributed by atoms with E-state index in [2.05, 4.69) is 15.3 Å². The number of aromatic nitrogens is 2. The molecule has 0 unspecified atom stereocenters. The summed E-state index contributed by atoms with van der Waals surface area (Å²) in [6.07, 6.45) is 3.44. The summed E-state index contributed by atoms with van der Waals surface area (Å²) in [5.41, 5.74) is 1.83. The third kappa shape index (κ3) is 4.20. The van der Waals surface area contributed by atoms with Crippen LogP contribution in [-0.2, 0) is 4.74 Å². The van der Waals surface area contributed by atoms with Crippen molar-refractivity contribution in [2.24, 2.45) is 0 Å². The minimum Gasteiger partial charge on any atom is -0.378 e. The molecule has 7 heteroatoms. The average Bonchev–Trinajstić information content (AvgIpc) is 2.59. The van der Waals surface area contributed by atoms with Gasteiger partial charge >= 0.3 is 6.03 Å². The van der Waals surface area contributed by atoms with Crippen LogP contribution in [0.5, 0.6) is 0 Å². The summed E-state index contributed by atoms with van der Waals surface area (Å²) in [4.78, 5) is 23.4. The van der Waals surface area contributed by atoms with Gasteiger partial charge in [-0.1, -0.05) is 0 Å². The Morgan fingerprint density at radius 3 is 2.70 bits per heavy atom. The fraction of sp³-hybridized carbons (Fsp3) is 0.312. The zero-order chi connectivity index (χ0) is 16.1. The second-order valence-corrected chi connectivity index (χ2v) is 6.18. The Kier molecular flexibility index (Phi) is 5.09. The van der Waals surface area contributed by atoms with Crippen molar-refractivity contribution in [3.63, 3.8) is 0 Å². The summed E-state index contributed by atoms with van der Waals surface area (Å²) in [6, 6.07) is 7.61. The van der Waals surface area contributed by atoms with E-state index < -0.39 is 0 Å². The van der Waals surface area contributed by atoms with Crippen molar-refractivity contribution in [3.05, 3.63) is 42.2 Å². The molecule has 1 N–H and O–H groups in total. The van der Waals surface area contributed by atoms with Gasteiger partial charge in [0.15, 0.2) is 5.16 Å². The number of aryl methyl sites for hydroxylation is 1. The van der Waals surface area contributed by atoms with E-state index in [1.165, 1.54) is 11.8 Å². The fourth-order valence-electron chi connectivity index (χ4n) is 2.24. The number of carbonyl (C=O) groups excluding carboxylic acids is 1. The first-order valence-corrected chi connectivity index (χ1v) is 8.23. The van der Waals surface area contributed by atoms with Gasteiger partial charge in [-0.25, -0.2) is 14.8 Å². The molecule has 1 aliphatic rings. The number of urea groups is 1. The van der Waals surface area contributed by atoms with Crippen LogP contribution in [0.4, 0.5) is 10.5 Å². The molecule has 1 aromatic carbocycles. The molecule has 0 aliphatic carbocycles. The highest BCUT2D eigenvalue weighted by Gasteiger charge is 2.17. The zero-order valence-electron chi connectivity index (χ0n) is 12.9. The van der Waals surface area contributed by atoms with Crippen molar-refractivity contribution in [1.29, 1.82) is 0 Å². The monoisotopic (exact) mass is 330 g/mol. The standard InChI is InChI=1S/C16H18N4O2S/c1-12-11-13(23-15-17-5-2-6-18-15)3-4-14(12)19-16(21)20-7-9-22-10-8-20/h2-6,11H,7-10H2,1H3,(H,19,21). The number of morpholine rings is 1. The van der Waals surface area contributed by atoms with Gasteiger partial charge in [0.05, 0.1) is 13.2 Å². The Morgan fingerprint density at radius 2 is 2.00 bits per heavy atom. The molecule has 1 aromatic heterocycles. The summed E-state index contributed by atoms with van der Waals surface area (Å²) in [6.45, 7) is 4.43. The third-order valence-corrected chi connectivity index (χ3v) is 4.37. The van der Waals surface area contributed by atoms with E-state index in [1.54, 1.807) is 23.4 Å². The van der Waals surface area contributed by atoms with Crippen LogP contribution in [0.2, 0.25) is 0 Å². The lowest BCUT2D eigenvalue weighted by Crippen LogP contribution is -2.43. The average molecular weight is 330 g/mol. The predicted molar refractivity (Wildman–Crippen MR) is 88.7 cm³/mol. The van der Waals surface area contributed by atoms with E-state index in [1.807, 2.05) is 25.1 Å². The molecule has 0 spiro atoms. The number of hydrogen-bond acceptors (Lipinski definition) is 5. The molecule has 0 saturated carbocycles. The van der Waals surface area contributed by atoms with Gasteiger partial charge in [0, 0.05) is 36.1 Å². The first-order chi connectivity index (χ1) is 11.2. The van der Waals surface area contributed by atoms with Gasteiger partial charge < -0.3 is 15.0 Å². The van der Waals surface area contributed by atoms with Gasteiger partial charge in [-0.3, -0.25) is 0 Å². The summed E-state index contributed by atoms with van der Waals surface area (Å²) in [5.74, 6) is 0. The van der Waals surface area contributed by atoms with Crippen LogP contribution in [-0.4, -0.2) is 47.2 Å². The molecule has 0 radical (unpaired) electrons. The van der Waals surface area contributed by atoms with Gasteiger partial charge in [-0.15, -0.1) is 0 Å². The topological polar surface area (TPSA) is 67.4 Å². The molecule has 1 aliphatic heterocycles. The van der Waals surface area contributed by atoms with Crippen LogP contribution >= 0.6 is 11.8 Å². The molecule has 2 amide bonds. The van der Waals surface area contributed by atoms with E-state index in [0.29, 0.717) is 31.5 Å². The minimum atomic E-state index is -0.0804. The fourth-order valence-corrected chi connectivity index (χ4v) is 3.05. The lowest BCUT2D eigenvalue weighted by atomic mass is 10.2. The van der Waals surface area contributed by atoms with Gasteiger partial charge in [0.25, 0.3) is 0 Å². The summed E-state index contributed by atoms with van der Waals surface area (Å²) in [5, 5.41) is 3.67. The zero-order valence-corrected chi connectivity index (χ0v) is 13.7. The molecule has 6 nitrogen and oxygen atoms in total. The van der Waals surface area contributed by atoms with E-state index in [0.717, 1.165) is 16.1 Å². The van der Waals surface area contributed by atoms with Crippen molar-refractivity contribution in [1.82, 2.24) is 14.9 Å². The molecule has 1 fully saturated rings. The molecule has 120 valence electrons. The van der Waals surface area contributed by atoms with Crippen molar-refractivity contribution in [2.75, 3.05) is 31.6 Å². The van der Waals surface area contributed by atoms with Crippen LogP contribution in [0.3, 0.4) is 0 Å². The lowest BCUT2D eigenvalue weighted by molar-refractivity contribution is 0.0564. The second kappa shape index (κ2) is 7.43. The van der Waals surface area contributed by atoms with Crippen LogP contribution in [0.15, 0.2) is 46.7 Å². The van der Waals surface area contributed by atoms with Gasteiger partial charge in [0.2, 0.25) is 0 Å². The summed E-state index contributed by atoms with van der Waals surface area (Å²) < 4.78 is 5.26. The maximum Gasteiger partial charge on any atom is 0.322 e. The number of anilines is 1. The van der Waals surface area contributed by atoms with Crippen LogP contribution in [0.25, 0.3) is 0 Å². The van der Waals surface area contributed by atoms with Gasteiger partial charge in [-0.05, 0) is 48.5 Å². The quantitative estimate of drug-likeness (QED) is 0.877. The molecule has 2 aromatic rings. The lowest BCUT2D eigenvalue weighted by Gasteiger charge is -2.27. The van der Waals surface area contributed by atoms with Crippen LogP contribution < -0.4 is 5.32 Å². The second-order valence-electron chi connectivity index (χ2n) is 5.14. The molecule has 0 atom stereocenters. The number of nitrogens with zero attached hydrogens (tertiary/aromatic N) is 3. The maximum atomic E-state index is 12.2. The van der Waals surface area contributed by atoms with Crippen molar-refractivity contribution in [3.8, 4) is 0 Å². The van der Waals surface area contributed by atoms with E-state index in [-0.39, 0.29) is 6.03 Å². The molecule has 3 rings (SSSR count). The predicted octanol–water partition coefficient (Wildman–Crippen LogP) is 2.80. The Morgan fingerprint density at radius 1 is 1.26 bits per heavy atom. The number of amides is 2. The van der Waals surface area contributed by atoms with E-state index in [4.69, 9.17) is 4.74 Å². The largest absolute Gasteiger partial charge is 0.378 e. The van der Waals surface area contributed by atoms with E-state index in [9.17, 15) is 4.79 Å². The number of rotatable bonds is 3. The highest BCUT2D eigenvalue weighted by molar-refractivity contribution is 7.99. The normalized spacial score (nSPS) is 14.6. The Balaban J connectivity index is 1.66. The Labute approximate surface area is 139 Å². The Bertz CT molecular complexity index is 675. The summed E-state index contributed by atoms with van der Waals surface area (Å²) in [7, 11) is 0. The number of hydrogen-bond donors (Lipinski definition) is 1. The minimum absolute atomic E-state index is 0.0804. The maximum absolute atomic E-state index is 12.2. The van der Waals surface area contributed by atoms with Gasteiger partial charge in [-0.2, -0.15) is 0 Å². The number of benzene rings is 1. The SMILES string of the molecule is Cc1cc(Sc2ncccn2)ccc1NC(=O)N1CCOCC1. The molecule has 1 saturated heterocycles. The van der Waals surface area contributed by atoms with Crippen LogP contribution in [0.1, 0.15) is 5.56 Å². The highest BCUT2D eigenvalue weighted by Crippen LogP contribution is 2.28. The number of ether oxygens (including phenoxy) is 1. The van der Waals surface area contributed by atoms with Gasteiger partial charge in [0.1, 0.15) is 0 Å². The molecular formula is C16H18N4O2S. The van der Waals surface area contributed by atoms with Crippen LogP contribution in [0, 0.1) is 6.92 Å². The molecule has 2 heterocycles. The number of carbonyl (C=O) groups is 1. The van der Waals surface area contributed by atoms with Crippen molar-refractivity contribution < 1.29 is 9.53 Å². The molecule has 23 heavy (non-hydrogen) atoms. The highest BCUT2D eigenvalue weighted by atomic mass is 32.2. The first-order valence-electron chi connectivity index (χ1n) is 7.41. The summed E-state index contributed by atoms with van der Waals surface area (Å²) >= 11 is 1.50. The Hall–Kier alpha value is -2.12. The van der Waals surface area contributed by atoms with Crippen molar-refractivity contribution in [2.45, 2.75) is 17.0 Å². The third-order valence-electron chi connectivity index (χ3n) is 3.49. The molecular weight excluding hydrogens is 312 g/mol. The number of nitrogens with one attached hydrogen (secondary N) is 1. The first kappa shape index (κ1) is 15.8. The van der Waals surface area contributed by atoms with E-state index >= 15 is 0 Å². The smallest absolute Gasteiger partial charge is 0.322 e. The van der Waals surface area contributed by atoms with Crippen molar-refractivity contribution >= 4 is 23.5 Å². The molecule has 0 bridgehead atoms.